The number of hydrogen-bond donors (Lipinski definition) is 5. The maximum absolute atomic E-state index is 12.7. The van der Waals surface area contributed by atoms with Crippen molar-refractivity contribution in [2.75, 3.05) is 29.6 Å². The van der Waals surface area contributed by atoms with Crippen LogP contribution in [0.5, 0.6) is 11.5 Å². The number of anilines is 3. The molecule has 4 rings (SSSR count). The van der Waals surface area contributed by atoms with E-state index in [2.05, 4.69) is 20.5 Å². The van der Waals surface area contributed by atoms with Gasteiger partial charge in [0.2, 0.25) is 0 Å². The first kappa shape index (κ1) is 33.5. The van der Waals surface area contributed by atoms with Gasteiger partial charge in [-0.3, -0.25) is 14.4 Å². The maximum atomic E-state index is 12.7. The highest BCUT2D eigenvalue weighted by molar-refractivity contribution is 6.19. The number of aliphatic hydroxyl groups excluding tert-OH is 1. The Morgan fingerprint density at radius 2 is 1.83 bits per heavy atom. The lowest BCUT2D eigenvalue weighted by molar-refractivity contribution is -0.274. The molecule has 0 radical (unpaired) electrons. The number of ketones is 1. The summed E-state index contributed by atoms with van der Waals surface area (Å²) in [5.74, 6) is -5.49. The third-order valence-electron chi connectivity index (χ3n) is 8.06. The normalized spacial score (nSPS) is 19.7. The minimum Gasteiger partial charge on any atom is -0.511 e. The van der Waals surface area contributed by atoms with Gasteiger partial charge in [0.1, 0.15) is 22.8 Å². The molecule has 3 amide bonds. The molecule has 46 heavy (non-hydrogen) atoms. The van der Waals surface area contributed by atoms with Gasteiger partial charge in [0.05, 0.1) is 22.9 Å². The zero-order valence-electron chi connectivity index (χ0n) is 24.8. The van der Waals surface area contributed by atoms with Crippen LogP contribution < -0.4 is 26.0 Å². The quantitative estimate of drug-likeness (QED) is 0.109. The second kappa shape index (κ2) is 12.9. The number of aldehydes is 1. The van der Waals surface area contributed by atoms with Crippen molar-refractivity contribution in [1.29, 1.82) is 0 Å². The minimum atomic E-state index is -4.89. The number of allylic oxidation sites excluding steroid dienone is 1. The molecule has 16 heteroatoms. The van der Waals surface area contributed by atoms with Crippen LogP contribution in [0.2, 0.25) is 0 Å². The van der Waals surface area contributed by atoms with Crippen LogP contribution in [-0.4, -0.2) is 54.7 Å². The van der Waals surface area contributed by atoms with Crippen molar-refractivity contribution >= 4 is 41.1 Å². The number of rotatable bonds is 9. The average Bonchev–Trinajstić information content (AvgIpc) is 2.95. The predicted octanol–water partition coefficient (Wildman–Crippen LogP) is 4.92. The number of carbonyl (C=O) groups excluding carboxylic acids is 4. The number of urea groups is 1. The fourth-order valence-electron chi connectivity index (χ4n) is 6.00. The molecule has 0 aromatic heterocycles. The Balaban J connectivity index is 1.64. The Kier molecular flexibility index (Phi) is 9.39. The maximum Gasteiger partial charge on any atom is 0.573 e. The highest BCUT2D eigenvalue weighted by atomic mass is 19.4. The molecule has 0 bridgehead atoms. The number of fused-ring (bicyclic) bond motifs is 1. The number of primary amides is 1. The number of aliphatic hydroxyl groups is 1. The van der Waals surface area contributed by atoms with E-state index in [-0.39, 0.29) is 41.9 Å². The second-order valence-corrected chi connectivity index (χ2v) is 11.1. The van der Waals surface area contributed by atoms with Crippen LogP contribution in [0.25, 0.3) is 0 Å². The number of ether oxygens (including phenoxy) is 1. The minimum absolute atomic E-state index is 0.0544. The summed E-state index contributed by atoms with van der Waals surface area (Å²) in [6, 6.07) is 4.87. The zero-order chi connectivity index (χ0) is 34.1. The Bertz CT molecular complexity index is 1670. The highest BCUT2D eigenvalue weighted by Gasteiger charge is 2.46. The summed E-state index contributed by atoms with van der Waals surface area (Å²) in [5.41, 5.74) is 5.69. The van der Waals surface area contributed by atoms with Crippen LogP contribution in [0, 0.1) is 22.7 Å². The molecule has 2 aromatic rings. The number of halogens is 3. The van der Waals surface area contributed by atoms with Gasteiger partial charge in [-0.15, -0.1) is 18.1 Å². The van der Waals surface area contributed by atoms with Crippen molar-refractivity contribution in [2.24, 2.45) is 28.7 Å². The first-order chi connectivity index (χ1) is 21.6. The van der Waals surface area contributed by atoms with Gasteiger partial charge in [0.25, 0.3) is 5.91 Å². The van der Waals surface area contributed by atoms with Crippen LogP contribution in [0.4, 0.5) is 35.0 Å². The molecule has 0 heterocycles. The molecule has 0 spiro atoms. The van der Waals surface area contributed by atoms with Crippen molar-refractivity contribution < 1.29 is 47.3 Å². The number of nitroso groups, excluding NO2 is 1. The molecule has 0 fully saturated rings. The smallest absolute Gasteiger partial charge is 0.511 e. The van der Waals surface area contributed by atoms with E-state index in [9.17, 15) is 47.5 Å². The largest absolute Gasteiger partial charge is 0.573 e. The summed E-state index contributed by atoms with van der Waals surface area (Å²) in [5, 5.41) is 29.7. The summed E-state index contributed by atoms with van der Waals surface area (Å²) in [7, 11) is 3.32. The summed E-state index contributed by atoms with van der Waals surface area (Å²) in [6.07, 6.45) is -4.30. The first-order valence-corrected chi connectivity index (χ1v) is 13.8. The molecular weight excluding hydrogens is 615 g/mol. The number of nitrogens with one attached hydrogen (secondary N) is 2. The number of alkyl halides is 3. The van der Waals surface area contributed by atoms with Crippen LogP contribution in [0.1, 0.15) is 35.7 Å². The summed E-state index contributed by atoms with van der Waals surface area (Å²) >= 11 is 0. The lowest BCUT2D eigenvalue weighted by Gasteiger charge is -2.39. The van der Waals surface area contributed by atoms with Gasteiger partial charge in [-0.05, 0) is 78.2 Å². The van der Waals surface area contributed by atoms with E-state index >= 15 is 0 Å². The van der Waals surface area contributed by atoms with E-state index in [4.69, 9.17) is 5.73 Å². The molecule has 13 nitrogen and oxygen atoms in total. The lowest BCUT2D eigenvalue weighted by atomic mass is 9.65. The average molecular weight is 646 g/mol. The fourth-order valence-corrected chi connectivity index (χ4v) is 6.00. The molecular formula is C30H30F3N5O8. The van der Waals surface area contributed by atoms with Crippen molar-refractivity contribution in [2.45, 2.75) is 32.5 Å². The number of phenolic OH excluding ortho intramolecular Hbond substituents is 1. The SMILES string of the molecule is CC1=C(N=O)C2C(O)=C(C(N)=O)C(=O)CC2CC1Cc1c(N(C)C)cc(NC(=O)Nc2ccc(OC(F)(F)F)cc2)c(O)c1C=O. The predicted molar refractivity (Wildman–Crippen MR) is 159 cm³/mol. The number of amides is 3. The Morgan fingerprint density at radius 1 is 1.17 bits per heavy atom. The van der Waals surface area contributed by atoms with Crippen LogP contribution in [-0.2, 0) is 16.0 Å². The molecule has 244 valence electrons. The van der Waals surface area contributed by atoms with Gasteiger partial charge >= 0.3 is 12.4 Å². The molecule has 6 N–H and O–H groups in total. The fraction of sp³-hybridized carbons (Fsp3) is 0.333. The van der Waals surface area contributed by atoms with E-state index in [1.807, 2.05) is 0 Å². The Morgan fingerprint density at radius 3 is 2.37 bits per heavy atom. The van der Waals surface area contributed by atoms with Gasteiger partial charge in [-0.1, -0.05) is 0 Å². The summed E-state index contributed by atoms with van der Waals surface area (Å²) in [6.45, 7) is 1.61. The van der Waals surface area contributed by atoms with E-state index in [1.165, 1.54) is 18.2 Å². The molecule has 2 aromatic carbocycles. The molecule has 3 unspecified atom stereocenters. The highest BCUT2D eigenvalue weighted by Crippen LogP contribution is 2.49. The van der Waals surface area contributed by atoms with Gasteiger partial charge in [-0.2, -0.15) is 0 Å². The number of hydrogen-bond acceptors (Lipinski definition) is 10. The monoisotopic (exact) mass is 645 g/mol. The number of carbonyl (C=O) groups is 4. The summed E-state index contributed by atoms with van der Waals surface area (Å²) < 4.78 is 41.1. The van der Waals surface area contributed by atoms with Gasteiger partial charge in [0, 0.05) is 31.9 Å². The van der Waals surface area contributed by atoms with Crippen LogP contribution in [0.3, 0.4) is 0 Å². The lowest BCUT2D eigenvalue weighted by Crippen LogP contribution is -2.38. The van der Waals surface area contributed by atoms with Crippen molar-refractivity contribution in [3.8, 4) is 11.5 Å². The number of aromatic hydroxyl groups is 1. The van der Waals surface area contributed by atoms with Crippen molar-refractivity contribution in [3.63, 3.8) is 0 Å². The molecule has 2 aliphatic carbocycles. The molecule has 3 atom stereocenters. The Hall–Kier alpha value is -5.41. The second-order valence-electron chi connectivity index (χ2n) is 11.1. The van der Waals surface area contributed by atoms with Crippen LogP contribution in [0.15, 0.2) is 58.1 Å². The number of benzene rings is 2. The summed E-state index contributed by atoms with van der Waals surface area (Å²) in [4.78, 5) is 63.1. The topological polar surface area (TPSA) is 201 Å². The molecule has 0 saturated heterocycles. The number of nitrogens with two attached hydrogens (primary N) is 1. The molecule has 2 aliphatic rings. The van der Waals surface area contributed by atoms with Gasteiger partial charge in [-0.25, -0.2) is 4.79 Å². The van der Waals surface area contributed by atoms with Crippen molar-refractivity contribution in [1.82, 2.24) is 0 Å². The van der Waals surface area contributed by atoms with Gasteiger partial charge in [0.15, 0.2) is 12.1 Å². The van der Waals surface area contributed by atoms with E-state index < -0.39 is 64.7 Å². The third kappa shape index (κ3) is 6.79. The molecule has 0 aliphatic heterocycles. The van der Waals surface area contributed by atoms with E-state index in [1.54, 1.807) is 25.9 Å². The third-order valence-corrected chi connectivity index (χ3v) is 8.06. The number of Topliss-reactive ketones (excluding diaryl/α,β-unsaturated/α-hetero) is 1. The molecule has 0 saturated carbocycles. The number of nitrogens with zero attached hydrogens (tertiary/aromatic N) is 2. The van der Waals surface area contributed by atoms with E-state index in [0.29, 0.717) is 23.1 Å². The van der Waals surface area contributed by atoms with E-state index in [0.717, 1.165) is 12.1 Å². The Labute approximate surface area is 259 Å². The zero-order valence-corrected chi connectivity index (χ0v) is 24.8. The van der Waals surface area contributed by atoms with Crippen molar-refractivity contribution in [3.05, 3.63) is 69.0 Å². The standard InChI is InChI=1S/C30H30F3N5O8/c1-13-14(8-15-10-22(40)24(28(34)43)27(42)23(15)25(13)37-45)9-18-19(12-39)26(41)20(11-21(18)38(2)3)36-29(44)35-16-4-6-17(7-5-16)46-30(31,32)33/h4-7,11-12,14-15,23,41-42H,8-10H2,1-3H3,(H2,34,43)(H2,35,36,44). The van der Waals surface area contributed by atoms with Gasteiger partial charge < -0.3 is 36.2 Å². The number of phenols is 1. The van der Waals surface area contributed by atoms with Crippen LogP contribution >= 0.6 is 0 Å². The first-order valence-electron chi connectivity index (χ1n) is 13.8.